The molecule has 0 bridgehead atoms. The Bertz CT molecular complexity index is 283. The number of rotatable bonds is 4. The first-order valence-electron chi connectivity index (χ1n) is 6.16. The summed E-state index contributed by atoms with van der Waals surface area (Å²) < 4.78 is 0. The normalized spacial score (nSPS) is 24.8. The monoisotopic (exact) mass is 222 g/mol. The quantitative estimate of drug-likeness (QED) is 0.629. The fourth-order valence-corrected chi connectivity index (χ4v) is 2.12. The van der Waals surface area contributed by atoms with Gasteiger partial charge in [-0.3, -0.25) is 0 Å². The van der Waals surface area contributed by atoms with Gasteiger partial charge in [-0.15, -0.1) is 0 Å². The van der Waals surface area contributed by atoms with Gasteiger partial charge in [0.05, 0.1) is 0 Å². The van der Waals surface area contributed by atoms with Gasteiger partial charge in [-0.05, 0) is 75.9 Å². The molecule has 0 saturated heterocycles. The maximum absolute atomic E-state index is 2.27. The van der Waals surface area contributed by atoms with Crippen molar-refractivity contribution in [1.29, 1.82) is 0 Å². The highest BCUT2D eigenvalue weighted by atomic mass is 14.3. The van der Waals surface area contributed by atoms with Gasteiger partial charge in [0, 0.05) is 11.8 Å². The van der Waals surface area contributed by atoms with Gasteiger partial charge in [0.25, 0.3) is 0 Å². The van der Waals surface area contributed by atoms with Crippen LogP contribution in [-0.2, 0) is 0 Å². The van der Waals surface area contributed by atoms with Gasteiger partial charge < -0.3 is 0 Å². The van der Waals surface area contributed by atoms with E-state index in [9.17, 15) is 0 Å². The molecule has 0 N–H and O–H groups in total. The fourth-order valence-electron chi connectivity index (χ4n) is 2.12. The SMILES string of the molecule is C/C=C(CC)/C(=C\[C]1[CH][CH][CH][CH]1)[C]1[CH][CH][CH][CH]1. The van der Waals surface area contributed by atoms with E-state index in [0.29, 0.717) is 0 Å². The first kappa shape index (κ1) is 12.9. The maximum Gasteiger partial charge on any atom is 0.0123 e. The molecule has 0 unspecified atom stereocenters. The molecule has 17 heavy (non-hydrogen) atoms. The molecule has 0 atom stereocenters. The highest BCUT2D eigenvalue weighted by Gasteiger charge is 2.25. The van der Waals surface area contributed by atoms with E-state index in [4.69, 9.17) is 0 Å². The van der Waals surface area contributed by atoms with E-state index in [-0.39, 0.29) is 0 Å². The largest absolute Gasteiger partial charge is 0.0842 e. The zero-order valence-corrected chi connectivity index (χ0v) is 10.5. The highest BCUT2D eigenvalue weighted by molar-refractivity contribution is 5.59. The van der Waals surface area contributed by atoms with Crippen molar-refractivity contribution >= 4 is 0 Å². The zero-order chi connectivity index (χ0) is 12.1. The third-order valence-electron chi connectivity index (χ3n) is 3.05. The molecule has 0 aromatic carbocycles. The minimum Gasteiger partial charge on any atom is -0.0842 e. The Kier molecular flexibility index (Phi) is 4.88. The second-order valence-corrected chi connectivity index (χ2v) is 4.12. The zero-order valence-electron chi connectivity index (χ0n) is 10.5. The summed E-state index contributed by atoms with van der Waals surface area (Å²) in [4.78, 5) is 0. The van der Waals surface area contributed by atoms with Crippen LogP contribution in [0.4, 0.5) is 0 Å². The lowest BCUT2D eigenvalue weighted by Gasteiger charge is -2.18. The van der Waals surface area contributed by atoms with Crippen molar-refractivity contribution in [3.05, 3.63) is 86.5 Å². The summed E-state index contributed by atoms with van der Waals surface area (Å²) in [5.74, 6) is 2.58. The van der Waals surface area contributed by atoms with Crippen molar-refractivity contribution in [2.24, 2.45) is 0 Å². The van der Waals surface area contributed by atoms with Crippen LogP contribution in [0.15, 0.2) is 23.3 Å². The Morgan fingerprint density at radius 1 is 1.00 bits per heavy atom. The summed E-state index contributed by atoms with van der Waals surface area (Å²) in [5.41, 5.74) is 2.74. The molecule has 2 aliphatic rings. The van der Waals surface area contributed by atoms with Crippen molar-refractivity contribution in [3.63, 3.8) is 0 Å². The van der Waals surface area contributed by atoms with Crippen molar-refractivity contribution < 1.29 is 0 Å². The number of allylic oxidation sites excluding steroid dienone is 4. The summed E-state index contributed by atoms with van der Waals surface area (Å²) >= 11 is 0. The molecule has 0 amide bonds. The van der Waals surface area contributed by atoms with Crippen molar-refractivity contribution in [1.82, 2.24) is 0 Å². The molecular formula is C17H18. The van der Waals surface area contributed by atoms with Crippen LogP contribution in [0, 0.1) is 63.2 Å². The van der Waals surface area contributed by atoms with Gasteiger partial charge in [-0.25, -0.2) is 0 Å². The van der Waals surface area contributed by atoms with Gasteiger partial charge in [-0.2, -0.15) is 0 Å². The average molecular weight is 222 g/mol. The van der Waals surface area contributed by atoms with Crippen molar-refractivity contribution in [3.8, 4) is 0 Å². The second-order valence-electron chi connectivity index (χ2n) is 4.12. The van der Waals surface area contributed by atoms with E-state index in [1.54, 1.807) is 0 Å². The van der Waals surface area contributed by atoms with Gasteiger partial charge >= 0.3 is 0 Å². The molecule has 0 heteroatoms. The molecule has 2 fully saturated rings. The minimum absolute atomic E-state index is 1.06. The molecule has 10 radical (unpaired) electrons. The van der Waals surface area contributed by atoms with E-state index in [2.05, 4.69) is 77.4 Å². The van der Waals surface area contributed by atoms with E-state index in [0.717, 1.165) is 6.42 Å². The van der Waals surface area contributed by atoms with Crippen LogP contribution in [0.5, 0.6) is 0 Å². The van der Waals surface area contributed by atoms with Crippen molar-refractivity contribution in [2.75, 3.05) is 0 Å². The van der Waals surface area contributed by atoms with E-state index >= 15 is 0 Å². The van der Waals surface area contributed by atoms with E-state index in [1.807, 2.05) is 0 Å². The predicted molar refractivity (Wildman–Crippen MR) is 73.0 cm³/mol. The fraction of sp³-hybridized carbons (Fsp3) is 0.176. The molecule has 0 spiro atoms. The van der Waals surface area contributed by atoms with Gasteiger partial charge in [0.2, 0.25) is 0 Å². The van der Waals surface area contributed by atoms with Crippen LogP contribution in [-0.4, -0.2) is 0 Å². The molecular weight excluding hydrogens is 204 g/mol. The van der Waals surface area contributed by atoms with E-state index < -0.39 is 0 Å². The molecule has 0 heterocycles. The summed E-state index contributed by atoms with van der Waals surface area (Å²) in [5, 5.41) is 0. The van der Waals surface area contributed by atoms with Crippen LogP contribution < -0.4 is 0 Å². The summed E-state index contributed by atoms with van der Waals surface area (Å²) in [7, 11) is 0. The number of hydrogen-bond acceptors (Lipinski definition) is 0. The third-order valence-corrected chi connectivity index (χ3v) is 3.05. The Morgan fingerprint density at radius 2 is 1.59 bits per heavy atom. The second kappa shape index (κ2) is 6.42. The topological polar surface area (TPSA) is 0 Å². The lowest BCUT2D eigenvalue weighted by Crippen LogP contribution is -2.03. The van der Waals surface area contributed by atoms with Crippen molar-refractivity contribution in [2.45, 2.75) is 20.3 Å². The summed E-state index contributed by atoms with van der Waals surface area (Å²) in [6.45, 7) is 4.32. The first-order chi connectivity index (χ1) is 8.35. The highest BCUT2D eigenvalue weighted by Crippen LogP contribution is 2.38. The molecule has 2 rings (SSSR count). The molecule has 0 aliphatic heterocycles. The smallest absolute Gasteiger partial charge is 0.0123 e. The predicted octanol–water partition coefficient (Wildman–Crippen LogP) is 4.08. The van der Waals surface area contributed by atoms with Crippen LogP contribution in [0.1, 0.15) is 20.3 Å². The Morgan fingerprint density at radius 3 is 2.12 bits per heavy atom. The first-order valence-corrected chi connectivity index (χ1v) is 6.16. The standard InChI is InChI=1S/C17H18/c1-3-15(4-2)17(16-11-7-8-12-16)13-14-9-5-6-10-14/h3,5-13H,4H2,1-2H3/b15-3+,17-13+. The molecule has 86 valence electrons. The summed E-state index contributed by atoms with van der Waals surface area (Å²) in [6.07, 6.45) is 22.5. The van der Waals surface area contributed by atoms with E-state index in [1.165, 1.54) is 23.0 Å². The molecule has 0 aromatic rings. The van der Waals surface area contributed by atoms with Gasteiger partial charge in [-0.1, -0.05) is 19.1 Å². The summed E-state index contributed by atoms with van der Waals surface area (Å²) in [6, 6.07) is 0. The molecule has 2 saturated carbocycles. The maximum atomic E-state index is 2.27. The van der Waals surface area contributed by atoms with Crippen LogP contribution in [0.25, 0.3) is 0 Å². The number of hydrogen-bond donors (Lipinski definition) is 0. The average Bonchev–Trinajstić information content (AvgIpc) is 3.02. The molecule has 0 nitrogen and oxygen atoms in total. The van der Waals surface area contributed by atoms with Crippen LogP contribution in [0.3, 0.4) is 0 Å². The minimum atomic E-state index is 1.06. The lowest BCUT2D eigenvalue weighted by molar-refractivity contribution is 1.07. The van der Waals surface area contributed by atoms with Gasteiger partial charge in [0.1, 0.15) is 0 Å². The molecule has 2 aliphatic carbocycles. The molecule has 0 aromatic heterocycles. The van der Waals surface area contributed by atoms with Crippen LogP contribution in [0.2, 0.25) is 0 Å². The Balaban J connectivity index is 2.15. The Labute approximate surface area is 107 Å². The Hall–Kier alpha value is -0.520. The lowest BCUT2D eigenvalue weighted by atomic mass is 9.86. The third kappa shape index (κ3) is 3.24. The van der Waals surface area contributed by atoms with Gasteiger partial charge in [0.15, 0.2) is 0 Å². The van der Waals surface area contributed by atoms with Crippen LogP contribution >= 0.6 is 0 Å².